The van der Waals surface area contributed by atoms with Crippen molar-refractivity contribution in [3.8, 4) is 0 Å². The minimum atomic E-state index is 0.0437. The minimum absolute atomic E-state index is 0.0437. The molecule has 0 spiro atoms. The first kappa shape index (κ1) is 11.4. The number of likely N-dealkylation sites (tertiary alicyclic amines) is 1. The number of aliphatic hydroxyl groups excluding tert-OH is 1. The van der Waals surface area contributed by atoms with Gasteiger partial charge < -0.3 is 9.67 Å². The van der Waals surface area contributed by atoms with Crippen LogP contribution in [0.5, 0.6) is 0 Å². The number of hydrogen-bond donors (Lipinski definition) is 1. The van der Waals surface area contributed by atoms with Crippen LogP contribution in [-0.4, -0.2) is 40.3 Å². The summed E-state index contributed by atoms with van der Waals surface area (Å²) in [7, 11) is 0. The maximum Gasteiger partial charge on any atom is 0.250 e. The Kier molecular flexibility index (Phi) is 3.74. The molecule has 0 aromatic carbocycles. The first-order chi connectivity index (χ1) is 7.81. The monoisotopic (exact) mass is 222 g/mol. The van der Waals surface area contributed by atoms with E-state index in [0.29, 0.717) is 12.6 Å². The Morgan fingerprint density at radius 3 is 3.00 bits per heavy atom. The molecule has 0 saturated carbocycles. The molecule has 1 N–H and O–H groups in total. The molecule has 88 valence electrons. The molecule has 1 atom stereocenters. The van der Waals surface area contributed by atoms with E-state index in [2.05, 4.69) is 4.90 Å². The van der Waals surface area contributed by atoms with Gasteiger partial charge in [0.2, 0.25) is 0 Å². The van der Waals surface area contributed by atoms with Crippen molar-refractivity contribution in [3.05, 3.63) is 34.7 Å². The molecule has 0 aliphatic carbocycles. The molecule has 4 heteroatoms. The molecular formula is C12H18N2O2. The molecule has 1 aromatic heterocycles. The van der Waals surface area contributed by atoms with Crippen molar-refractivity contribution in [1.82, 2.24) is 9.47 Å². The predicted octanol–water partition coefficient (Wildman–Crippen LogP) is 0.305. The number of aliphatic hydroxyl groups is 1. The van der Waals surface area contributed by atoms with Gasteiger partial charge in [0.15, 0.2) is 0 Å². The molecule has 1 aliphatic heterocycles. The van der Waals surface area contributed by atoms with Gasteiger partial charge in [-0.2, -0.15) is 0 Å². The van der Waals surface area contributed by atoms with Crippen LogP contribution in [0.25, 0.3) is 0 Å². The molecule has 0 bridgehead atoms. The lowest BCUT2D eigenvalue weighted by Crippen LogP contribution is -2.36. The minimum Gasteiger partial charge on any atom is -0.395 e. The normalized spacial score (nSPS) is 21.4. The number of aromatic nitrogens is 1. The van der Waals surface area contributed by atoms with Crippen molar-refractivity contribution in [2.75, 3.05) is 19.7 Å². The Morgan fingerprint density at radius 2 is 2.25 bits per heavy atom. The number of nitrogens with zero attached hydrogens (tertiary/aromatic N) is 2. The summed E-state index contributed by atoms with van der Waals surface area (Å²) in [6, 6.07) is 5.49. The highest BCUT2D eigenvalue weighted by Gasteiger charge is 2.22. The van der Waals surface area contributed by atoms with Crippen LogP contribution in [0.1, 0.15) is 12.8 Å². The Balaban J connectivity index is 1.92. The van der Waals surface area contributed by atoms with Crippen molar-refractivity contribution in [3.63, 3.8) is 0 Å². The van der Waals surface area contributed by atoms with Crippen LogP contribution < -0.4 is 5.56 Å². The summed E-state index contributed by atoms with van der Waals surface area (Å²) in [5.41, 5.74) is 0.0437. The number of hydrogen-bond acceptors (Lipinski definition) is 3. The first-order valence-electron chi connectivity index (χ1n) is 5.81. The zero-order valence-electron chi connectivity index (χ0n) is 9.38. The number of pyridine rings is 1. The fraction of sp³-hybridized carbons (Fsp3) is 0.583. The molecular weight excluding hydrogens is 204 g/mol. The molecule has 1 aromatic rings. The van der Waals surface area contributed by atoms with Crippen LogP contribution in [0.15, 0.2) is 29.2 Å². The lowest BCUT2D eigenvalue weighted by atomic mass is 10.2. The molecule has 0 amide bonds. The van der Waals surface area contributed by atoms with Gasteiger partial charge in [0.05, 0.1) is 6.61 Å². The lowest BCUT2D eigenvalue weighted by molar-refractivity contribution is 0.155. The van der Waals surface area contributed by atoms with E-state index in [1.165, 1.54) is 0 Å². The van der Waals surface area contributed by atoms with Crippen molar-refractivity contribution < 1.29 is 5.11 Å². The highest BCUT2D eigenvalue weighted by Crippen LogP contribution is 2.15. The van der Waals surface area contributed by atoms with E-state index in [4.69, 9.17) is 0 Å². The zero-order chi connectivity index (χ0) is 11.4. The molecule has 2 heterocycles. The second kappa shape index (κ2) is 5.27. The van der Waals surface area contributed by atoms with E-state index in [9.17, 15) is 9.90 Å². The maximum atomic E-state index is 11.5. The van der Waals surface area contributed by atoms with Gasteiger partial charge in [-0.25, -0.2) is 0 Å². The molecule has 0 radical (unpaired) electrons. The van der Waals surface area contributed by atoms with Gasteiger partial charge in [-0.3, -0.25) is 9.69 Å². The zero-order valence-corrected chi connectivity index (χ0v) is 9.38. The van der Waals surface area contributed by atoms with Crippen LogP contribution in [0.4, 0.5) is 0 Å². The Labute approximate surface area is 95.1 Å². The van der Waals surface area contributed by atoms with Crippen molar-refractivity contribution in [2.45, 2.75) is 25.4 Å². The van der Waals surface area contributed by atoms with Crippen molar-refractivity contribution in [1.29, 1.82) is 0 Å². The SMILES string of the molecule is O=c1ccccn1CCN1CCC[C@H]1CO. The fourth-order valence-corrected chi connectivity index (χ4v) is 2.28. The van der Waals surface area contributed by atoms with Gasteiger partial charge in [0.1, 0.15) is 0 Å². The van der Waals surface area contributed by atoms with E-state index in [-0.39, 0.29) is 12.2 Å². The van der Waals surface area contributed by atoms with Crippen LogP contribution in [0, 0.1) is 0 Å². The van der Waals surface area contributed by atoms with Gasteiger partial charge in [0, 0.05) is 31.4 Å². The lowest BCUT2D eigenvalue weighted by Gasteiger charge is -2.22. The third-order valence-electron chi connectivity index (χ3n) is 3.24. The Morgan fingerprint density at radius 1 is 1.38 bits per heavy atom. The maximum absolute atomic E-state index is 11.5. The summed E-state index contributed by atoms with van der Waals surface area (Å²) in [5, 5.41) is 9.18. The summed E-state index contributed by atoms with van der Waals surface area (Å²) >= 11 is 0. The van der Waals surface area contributed by atoms with Crippen LogP contribution in [0.3, 0.4) is 0 Å². The Hall–Kier alpha value is -1.13. The molecule has 4 nitrogen and oxygen atoms in total. The highest BCUT2D eigenvalue weighted by atomic mass is 16.3. The molecule has 16 heavy (non-hydrogen) atoms. The molecule has 0 unspecified atom stereocenters. The summed E-state index contributed by atoms with van der Waals surface area (Å²) in [5.74, 6) is 0. The van der Waals surface area contributed by atoms with Crippen molar-refractivity contribution >= 4 is 0 Å². The smallest absolute Gasteiger partial charge is 0.250 e. The highest BCUT2D eigenvalue weighted by molar-refractivity contribution is 4.93. The van der Waals surface area contributed by atoms with Gasteiger partial charge >= 0.3 is 0 Å². The summed E-state index contributed by atoms with van der Waals surface area (Å²) in [6.45, 7) is 2.81. The molecule has 2 rings (SSSR count). The standard InChI is InChI=1S/C12H18N2O2/c15-10-11-4-3-7-13(11)8-9-14-6-2-1-5-12(14)16/h1-2,5-6,11,15H,3-4,7-10H2/t11-/m0/s1. The summed E-state index contributed by atoms with van der Waals surface area (Å²) in [4.78, 5) is 13.7. The van der Waals surface area contributed by atoms with Crippen LogP contribution >= 0.6 is 0 Å². The largest absolute Gasteiger partial charge is 0.395 e. The van der Waals surface area contributed by atoms with Crippen LogP contribution in [-0.2, 0) is 6.54 Å². The van der Waals surface area contributed by atoms with E-state index in [1.54, 1.807) is 16.7 Å². The molecule has 1 fully saturated rings. The quantitative estimate of drug-likeness (QED) is 0.797. The third-order valence-corrected chi connectivity index (χ3v) is 3.24. The summed E-state index contributed by atoms with van der Waals surface area (Å²) < 4.78 is 1.72. The van der Waals surface area contributed by atoms with Gasteiger partial charge in [-0.15, -0.1) is 0 Å². The molecule has 1 saturated heterocycles. The van der Waals surface area contributed by atoms with Crippen LogP contribution in [0.2, 0.25) is 0 Å². The second-order valence-electron chi connectivity index (χ2n) is 4.25. The average Bonchev–Trinajstić information content (AvgIpc) is 2.75. The van der Waals surface area contributed by atoms with Gasteiger partial charge in [-0.1, -0.05) is 6.07 Å². The van der Waals surface area contributed by atoms with E-state index in [0.717, 1.165) is 25.9 Å². The molecule has 1 aliphatic rings. The Bertz CT molecular complexity index is 389. The number of rotatable bonds is 4. The van der Waals surface area contributed by atoms with Gasteiger partial charge in [0.25, 0.3) is 5.56 Å². The van der Waals surface area contributed by atoms with E-state index >= 15 is 0 Å². The first-order valence-corrected chi connectivity index (χ1v) is 5.81. The third kappa shape index (κ3) is 2.51. The predicted molar refractivity (Wildman–Crippen MR) is 62.4 cm³/mol. The fourth-order valence-electron chi connectivity index (χ4n) is 2.28. The van der Waals surface area contributed by atoms with Gasteiger partial charge in [-0.05, 0) is 25.5 Å². The van der Waals surface area contributed by atoms with E-state index in [1.807, 2.05) is 12.3 Å². The topological polar surface area (TPSA) is 45.5 Å². The van der Waals surface area contributed by atoms with E-state index < -0.39 is 0 Å². The van der Waals surface area contributed by atoms with Crippen molar-refractivity contribution in [2.24, 2.45) is 0 Å². The second-order valence-corrected chi connectivity index (χ2v) is 4.25. The summed E-state index contributed by atoms with van der Waals surface area (Å²) in [6.07, 6.45) is 4.03. The average molecular weight is 222 g/mol.